The highest BCUT2D eigenvalue weighted by Gasteiger charge is 2.17. The molecule has 1 aliphatic rings. The van der Waals surface area contributed by atoms with E-state index in [2.05, 4.69) is 0 Å². The van der Waals surface area contributed by atoms with E-state index in [1.165, 1.54) is 6.26 Å². The van der Waals surface area contributed by atoms with Gasteiger partial charge in [0.15, 0.2) is 0 Å². The Balaban J connectivity index is 1.97. The lowest BCUT2D eigenvalue weighted by atomic mass is 10.3. The zero-order chi connectivity index (χ0) is 12.3. The highest BCUT2D eigenvalue weighted by atomic mass is 16.6. The predicted octanol–water partition coefficient (Wildman–Crippen LogP) is 1.05. The number of hydrogen-bond donors (Lipinski definition) is 0. The third-order valence-corrected chi connectivity index (χ3v) is 2.04. The van der Waals surface area contributed by atoms with Crippen molar-refractivity contribution >= 4 is 5.97 Å². The largest absolute Gasteiger partial charge is 0.482 e. The van der Waals surface area contributed by atoms with Gasteiger partial charge in [0.1, 0.15) is 0 Å². The zero-order valence-corrected chi connectivity index (χ0v) is 9.96. The van der Waals surface area contributed by atoms with Crippen LogP contribution in [0.1, 0.15) is 6.42 Å². The van der Waals surface area contributed by atoms with Gasteiger partial charge in [-0.25, -0.2) is 4.79 Å². The normalized spacial score (nSPS) is 17.8. The first-order valence-corrected chi connectivity index (χ1v) is 5.56. The maximum atomic E-state index is 11.4. The van der Waals surface area contributed by atoms with E-state index in [-0.39, 0.29) is 5.97 Å². The zero-order valence-electron chi connectivity index (χ0n) is 9.96. The summed E-state index contributed by atoms with van der Waals surface area (Å²) in [6.07, 6.45) is 6.64. The second kappa shape index (κ2) is 8.78. The van der Waals surface area contributed by atoms with Crippen molar-refractivity contribution in [2.75, 3.05) is 33.5 Å². The van der Waals surface area contributed by atoms with Crippen molar-refractivity contribution in [3.63, 3.8) is 0 Å². The molecule has 0 bridgehead atoms. The lowest BCUT2D eigenvalue weighted by molar-refractivity contribution is -0.151. The first-order valence-electron chi connectivity index (χ1n) is 5.56. The van der Waals surface area contributed by atoms with Gasteiger partial charge in [0, 0.05) is 20.1 Å². The minimum absolute atomic E-state index is 0.337. The number of allylic oxidation sites excluding steroid dienone is 2. The van der Waals surface area contributed by atoms with Crippen LogP contribution in [-0.2, 0) is 23.7 Å². The molecule has 0 saturated heterocycles. The molecule has 0 saturated carbocycles. The smallest absolute Gasteiger partial charge is 0.351 e. The van der Waals surface area contributed by atoms with Crippen LogP contribution in [0.25, 0.3) is 0 Å². The molecular weight excluding hydrogens is 224 g/mol. The number of ether oxygens (including phenoxy) is 4. The average molecular weight is 242 g/mol. The monoisotopic (exact) mass is 242 g/mol. The molecule has 0 aliphatic carbocycles. The van der Waals surface area contributed by atoms with Crippen LogP contribution in [0, 0.1) is 0 Å². The molecule has 1 atom stereocenters. The molecule has 5 heteroatoms. The maximum absolute atomic E-state index is 11.4. The molecule has 0 fully saturated rings. The van der Waals surface area contributed by atoms with Crippen LogP contribution in [0.3, 0.4) is 0 Å². The summed E-state index contributed by atoms with van der Waals surface area (Å²) in [6.45, 7) is 2.03. The Labute approximate surface area is 101 Å². The molecule has 0 N–H and O–H groups in total. The molecule has 0 aromatic heterocycles. The van der Waals surface area contributed by atoms with Gasteiger partial charge < -0.3 is 18.9 Å². The lowest BCUT2D eigenvalue weighted by Crippen LogP contribution is -2.24. The molecule has 17 heavy (non-hydrogen) atoms. The number of carbonyl (C=O) groups excluding carboxylic acids is 1. The SMILES string of the molecule is COCCOCCCOC(=O)C1C=CC=CO1. The van der Waals surface area contributed by atoms with Crippen LogP contribution in [0.5, 0.6) is 0 Å². The van der Waals surface area contributed by atoms with Crippen molar-refractivity contribution in [1.82, 2.24) is 0 Å². The van der Waals surface area contributed by atoms with E-state index in [4.69, 9.17) is 18.9 Å². The molecule has 0 aromatic rings. The Hall–Kier alpha value is -1.33. The topological polar surface area (TPSA) is 54.0 Å². The molecular formula is C12H18O5. The van der Waals surface area contributed by atoms with Gasteiger partial charge in [-0.3, -0.25) is 0 Å². The molecule has 0 spiro atoms. The molecule has 1 unspecified atom stereocenters. The van der Waals surface area contributed by atoms with Crippen LogP contribution in [0.2, 0.25) is 0 Å². The highest BCUT2D eigenvalue weighted by molar-refractivity contribution is 5.77. The van der Waals surface area contributed by atoms with E-state index in [0.29, 0.717) is 32.8 Å². The van der Waals surface area contributed by atoms with Crippen LogP contribution >= 0.6 is 0 Å². The summed E-state index contributed by atoms with van der Waals surface area (Å²) in [5, 5.41) is 0. The van der Waals surface area contributed by atoms with Gasteiger partial charge in [-0.1, -0.05) is 6.08 Å². The Morgan fingerprint density at radius 2 is 2.12 bits per heavy atom. The van der Waals surface area contributed by atoms with Crippen LogP contribution in [0.15, 0.2) is 24.5 Å². The summed E-state index contributed by atoms with van der Waals surface area (Å²) in [4.78, 5) is 11.4. The Morgan fingerprint density at radius 3 is 2.82 bits per heavy atom. The number of methoxy groups -OCH3 is 1. The predicted molar refractivity (Wildman–Crippen MR) is 61.4 cm³/mol. The summed E-state index contributed by atoms with van der Waals surface area (Å²) in [5.74, 6) is -0.373. The number of carbonyl (C=O) groups is 1. The summed E-state index contributed by atoms with van der Waals surface area (Å²) in [7, 11) is 1.62. The van der Waals surface area contributed by atoms with Gasteiger partial charge in [-0.15, -0.1) is 0 Å². The lowest BCUT2D eigenvalue weighted by Gasteiger charge is -2.13. The summed E-state index contributed by atoms with van der Waals surface area (Å²) < 4.78 is 20.1. The molecule has 0 radical (unpaired) electrons. The van der Waals surface area contributed by atoms with Gasteiger partial charge in [-0.2, -0.15) is 0 Å². The third kappa shape index (κ3) is 6.09. The van der Waals surface area contributed by atoms with E-state index in [1.807, 2.05) is 0 Å². The summed E-state index contributed by atoms with van der Waals surface area (Å²) in [5.41, 5.74) is 0. The van der Waals surface area contributed by atoms with Crippen molar-refractivity contribution in [2.24, 2.45) is 0 Å². The van der Waals surface area contributed by atoms with E-state index in [1.54, 1.807) is 25.3 Å². The molecule has 1 heterocycles. The van der Waals surface area contributed by atoms with Gasteiger partial charge in [0.05, 0.1) is 26.1 Å². The molecule has 5 nitrogen and oxygen atoms in total. The Morgan fingerprint density at radius 1 is 1.24 bits per heavy atom. The van der Waals surface area contributed by atoms with Gasteiger partial charge >= 0.3 is 5.97 Å². The molecule has 0 amide bonds. The van der Waals surface area contributed by atoms with Crippen molar-refractivity contribution < 1.29 is 23.7 Å². The van der Waals surface area contributed by atoms with E-state index in [9.17, 15) is 4.79 Å². The standard InChI is InChI=1S/C12H18O5/c1-14-9-10-15-6-4-8-17-12(13)11-5-2-3-7-16-11/h2-3,5,7,11H,4,6,8-10H2,1H3. The molecule has 0 aromatic carbocycles. The number of hydrogen-bond acceptors (Lipinski definition) is 5. The quantitative estimate of drug-likeness (QED) is 0.470. The first-order chi connectivity index (χ1) is 8.34. The number of esters is 1. The van der Waals surface area contributed by atoms with E-state index in [0.717, 1.165) is 0 Å². The second-order valence-corrected chi connectivity index (χ2v) is 3.40. The average Bonchev–Trinajstić information content (AvgIpc) is 2.38. The summed E-state index contributed by atoms with van der Waals surface area (Å²) >= 11 is 0. The van der Waals surface area contributed by atoms with Crippen molar-refractivity contribution in [1.29, 1.82) is 0 Å². The van der Waals surface area contributed by atoms with Gasteiger partial charge in [-0.05, 0) is 12.2 Å². The minimum atomic E-state index is -0.616. The fourth-order valence-electron chi connectivity index (χ4n) is 1.18. The van der Waals surface area contributed by atoms with Crippen LogP contribution in [0.4, 0.5) is 0 Å². The molecule has 1 aliphatic heterocycles. The maximum Gasteiger partial charge on any atom is 0.351 e. The first kappa shape index (κ1) is 13.7. The van der Waals surface area contributed by atoms with Gasteiger partial charge in [0.25, 0.3) is 0 Å². The third-order valence-electron chi connectivity index (χ3n) is 2.04. The Kier molecular flexibility index (Phi) is 7.09. The van der Waals surface area contributed by atoms with Crippen LogP contribution in [-0.4, -0.2) is 45.6 Å². The van der Waals surface area contributed by atoms with E-state index < -0.39 is 6.10 Å². The highest BCUT2D eigenvalue weighted by Crippen LogP contribution is 2.04. The van der Waals surface area contributed by atoms with E-state index >= 15 is 0 Å². The molecule has 96 valence electrons. The van der Waals surface area contributed by atoms with Gasteiger partial charge in [0.2, 0.25) is 6.10 Å². The fraction of sp³-hybridized carbons (Fsp3) is 0.583. The minimum Gasteiger partial charge on any atom is -0.482 e. The fourth-order valence-corrected chi connectivity index (χ4v) is 1.18. The second-order valence-electron chi connectivity index (χ2n) is 3.40. The van der Waals surface area contributed by atoms with Crippen molar-refractivity contribution in [2.45, 2.75) is 12.5 Å². The molecule has 1 rings (SSSR count). The van der Waals surface area contributed by atoms with Crippen molar-refractivity contribution in [3.05, 3.63) is 24.5 Å². The Bertz CT molecular complexity index is 272. The number of rotatable bonds is 8. The van der Waals surface area contributed by atoms with Crippen LogP contribution < -0.4 is 0 Å². The van der Waals surface area contributed by atoms with Crippen molar-refractivity contribution in [3.8, 4) is 0 Å². The summed E-state index contributed by atoms with van der Waals surface area (Å²) in [6, 6.07) is 0.